The second-order valence-electron chi connectivity index (χ2n) is 7.54. The van der Waals surface area contributed by atoms with Crippen LogP contribution in [-0.4, -0.2) is 53.4 Å². The highest BCUT2D eigenvalue weighted by molar-refractivity contribution is 5.98. The normalized spacial score (nSPS) is 26.5. The first kappa shape index (κ1) is 18.2. The van der Waals surface area contributed by atoms with Crippen molar-refractivity contribution >= 4 is 23.6 Å². The molecule has 140 valence electrons. The number of amides is 3. The summed E-state index contributed by atoms with van der Waals surface area (Å²) in [5.74, 6) is 0.335. The molecule has 0 spiro atoms. The first-order valence-electron chi connectivity index (χ1n) is 9.03. The van der Waals surface area contributed by atoms with Crippen molar-refractivity contribution in [2.75, 3.05) is 25.5 Å². The zero-order valence-electron chi connectivity index (χ0n) is 15.7. The molecule has 0 bridgehead atoms. The Labute approximate surface area is 154 Å². The zero-order chi connectivity index (χ0) is 18.9. The minimum absolute atomic E-state index is 0.0265. The molecule has 26 heavy (non-hydrogen) atoms. The average molecular weight is 357 g/mol. The first-order valence-corrected chi connectivity index (χ1v) is 9.03. The van der Waals surface area contributed by atoms with Gasteiger partial charge in [0, 0.05) is 31.7 Å². The van der Waals surface area contributed by atoms with Gasteiger partial charge in [0.2, 0.25) is 5.91 Å². The molecule has 3 rings (SSSR count). The maximum atomic E-state index is 12.7. The van der Waals surface area contributed by atoms with Gasteiger partial charge in [-0.25, -0.2) is 9.79 Å². The van der Waals surface area contributed by atoms with E-state index in [-0.39, 0.29) is 23.8 Å². The van der Waals surface area contributed by atoms with E-state index < -0.39 is 5.54 Å². The minimum atomic E-state index is -0.560. The Hall–Kier alpha value is -2.57. The number of likely N-dealkylation sites (tertiary alicyclic amines) is 1. The number of anilines is 1. The molecule has 2 heterocycles. The Morgan fingerprint density at radius 2 is 2.19 bits per heavy atom. The number of carbonyl (C=O) groups excluding carboxylic acids is 2. The topological polar surface area (TPSA) is 91.0 Å². The van der Waals surface area contributed by atoms with Crippen LogP contribution in [0.4, 0.5) is 10.5 Å². The highest BCUT2D eigenvalue weighted by atomic mass is 16.2. The number of hydrogen-bond donors (Lipinski definition) is 2. The molecule has 0 saturated carbocycles. The van der Waals surface area contributed by atoms with Crippen LogP contribution >= 0.6 is 0 Å². The van der Waals surface area contributed by atoms with Gasteiger partial charge in [-0.1, -0.05) is 12.1 Å². The Kier molecular flexibility index (Phi) is 4.89. The van der Waals surface area contributed by atoms with E-state index in [4.69, 9.17) is 5.73 Å². The van der Waals surface area contributed by atoms with Crippen LogP contribution in [0, 0.1) is 12.8 Å². The molecule has 2 aliphatic heterocycles. The highest BCUT2D eigenvalue weighted by Crippen LogP contribution is 2.35. The molecule has 1 unspecified atom stereocenters. The van der Waals surface area contributed by atoms with Gasteiger partial charge in [0.05, 0.1) is 12.0 Å². The lowest BCUT2D eigenvalue weighted by molar-refractivity contribution is -0.129. The number of guanidine groups is 1. The molecule has 0 aromatic heterocycles. The van der Waals surface area contributed by atoms with Crippen molar-refractivity contribution in [3.63, 3.8) is 0 Å². The molecule has 2 aliphatic rings. The van der Waals surface area contributed by atoms with Crippen LogP contribution in [0.1, 0.15) is 31.7 Å². The molecule has 1 saturated heterocycles. The number of aliphatic imine (C=N–C) groups is 1. The van der Waals surface area contributed by atoms with E-state index in [1.807, 2.05) is 43.0 Å². The van der Waals surface area contributed by atoms with Gasteiger partial charge in [0.25, 0.3) is 0 Å². The first-order chi connectivity index (χ1) is 12.3. The highest BCUT2D eigenvalue weighted by Gasteiger charge is 2.43. The average Bonchev–Trinajstić information content (AvgIpc) is 2.60. The van der Waals surface area contributed by atoms with E-state index in [2.05, 4.69) is 10.3 Å². The van der Waals surface area contributed by atoms with Gasteiger partial charge < -0.3 is 16.0 Å². The molecular formula is C19H27N5O2. The summed E-state index contributed by atoms with van der Waals surface area (Å²) in [5.41, 5.74) is 7.25. The summed E-state index contributed by atoms with van der Waals surface area (Å²) in [4.78, 5) is 32.7. The summed E-state index contributed by atoms with van der Waals surface area (Å²) in [7, 11) is 1.64. The van der Waals surface area contributed by atoms with Crippen molar-refractivity contribution in [2.45, 2.75) is 38.6 Å². The minimum Gasteiger partial charge on any atom is -0.369 e. The Morgan fingerprint density at radius 1 is 1.42 bits per heavy atom. The summed E-state index contributed by atoms with van der Waals surface area (Å²) in [6.45, 7) is 5.24. The van der Waals surface area contributed by atoms with Gasteiger partial charge in [0.15, 0.2) is 5.96 Å². The molecule has 0 aliphatic carbocycles. The number of nitrogens with one attached hydrogen (secondary N) is 1. The van der Waals surface area contributed by atoms with Crippen molar-refractivity contribution in [1.29, 1.82) is 0 Å². The van der Waals surface area contributed by atoms with Crippen LogP contribution in [0.3, 0.4) is 0 Å². The number of aryl methyl sites for hydroxylation is 1. The van der Waals surface area contributed by atoms with E-state index in [1.54, 1.807) is 7.05 Å². The summed E-state index contributed by atoms with van der Waals surface area (Å²) in [6.07, 6.45) is 2.14. The molecule has 2 atom stereocenters. The fraction of sp³-hybridized carbons (Fsp3) is 0.526. The van der Waals surface area contributed by atoms with Crippen molar-refractivity contribution in [2.24, 2.45) is 16.6 Å². The van der Waals surface area contributed by atoms with Gasteiger partial charge in [-0.15, -0.1) is 0 Å². The lowest BCUT2D eigenvalue weighted by atomic mass is 9.77. The zero-order valence-corrected chi connectivity index (χ0v) is 15.7. The van der Waals surface area contributed by atoms with E-state index in [0.29, 0.717) is 19.5 Å². The molecule has 7 nitrogen and oxygen atoms in total. The third-order valence-electron chi connectivity index (χ3n) is 5.45. The standard InChI is InChI=1S/C19H27N5O2/c1-13-6-4-8-15(10-13)21-18(26)24-9-5-7-14(12-24)19(2)11-16(25)23(3)17(20)22-19/h4,6,8,10,14H,5,7,9,11-12H2,1-3H3,(H2,20,22)(H,21,26)/t14?,19-/m0/s1. The van der Waals surface area contributed by atoms with Crippen molar-refractivity contribution in [3.05, 3.63) is 29.8 Å². The Morgan fingerprint density at radius 3 is 2.88 bits per heavy atom. The van der Waals surface area contributed by atoms with Gasteiger partial charge in [-0.3, -0.25) is 9.69 Å². The van der Waals surface area contributed by atoms with E-state index >= 15 is 0 Å². The fourth-order valence-electron chi connectivity index (χ4n) is 3.76. The number of nitrogens with zero attached hydrogens (tertiary/aromatic N) is 3. The van der Waals surface area contributed by atoms with Gasteiger partial charge >= 0.3 is 6.03 Å². The van der Waals surface area contributed by atoms with Crippen LogP contribution in [0.15, 0.2) is 29.3 Å². The van der Waals surface area contributed by atoms with Crippen molar-refractivity contribution in [3.8, 4) is 0 Å². The van der Waals surface area contributed by atoms with E-state index in [0.717, 1.165) is 24.1 Å². The summed E-state index contributed by atoms with van der Waals surface area (Å²) in [6, 6.07) is 7.63. The van der Waals surface area contributed by atoms with Crippen LogP contribution in [0.5, 0.6) is 0 Å². The quantitative estimate of drug-likeness (QED) is 0.850. The monoisotopic (exact) mass is 357 g/mol. The van der Waals surface area contributed by atoms with Crippen LogP contribution < -0.4 is 11.1 Å². The molecule has 1 aromatic carbocycles. The largest absolute Gasteiger partial charge is 0.369 e. The molecule has 7 heteroatoms. The van der Waals surface area contributed by atoms with Gasteiger partial charge in [0.1, 0.15) is 0 Å². The number of carbonyl (C=O) groups is 2. The second-order valence-corrected chi connectivity index (χ2v) is 7.54. The van der Waals surface area contributed by atoms with Crippen molar-refractivity contribution in [1.82, 2.24) is 9.80 Å². The predicted molar refractivity (Wildman–Crippen MR) is 102 cm³/mol. The number of nitrogens with two attached hydrogens (primary N) is 1. The molecule has 3 N–H and O–H groups in total. The van der Waals surface area contributed by atoms with Gasteiger partial charge in [-0.2, -0.15) is 0 Å². The Bertz CT molecular complexity index is 747. The fourth-order valence-corrected chi connectivity index (χ4v) is 3.76. The maximum absolute atomic E-state index is 12.7. The predicted octanol–water partition coefficient (Wildman–Crippen LogP) is 2.17. The van der Waals surface area contributed by atoms with Gasteiger partial charge in [-0.05, 0) is 44.4 Å². The molecule has 1 fully saturated rings. The molecule has 0 radical (unpaired) electrons. The van der Waals surface area contributed by atoms with Crippen LogP contribution in [0.2, 0.25) is 0 Å². The molecular weight excluding hydrogens is 330 g/mol. The third-order valence-corrected chi connectivity index (χ3v) is 5.45. The Balaban J connectivity index is 1.71. The third kappa shape index (κ3) is 3.66. The summed E-state index contributed by atoms with van der Waals surface area (Å²) >= 11 is 0. The summed E-state index contributed by atoms with van der Waals surface area (Å²) < 4.78 is 0. The lowest BCUT2D eigenvalue weighted by Crippen LogP contribution is -2.55. The summed E-state index contributed by atoms with van der Waals surface area (Å²) in [5, 5.41) is 2.96. The number of piperidine rings is 1. The maximum Gasteiger partial charge on any atom is 0.321 e. The number of hydrogen-bond acceptors (Lipinski definition) is 4. The lowest BCUT2D eigenvalue weighted by Gasteiger charge is -2.43. The van der Waals surface area contributed by atoms with Crippen molar-refractivity contribution < 1.29 is 9.59 Å². The van der Waals surface area contributed by atoms with E-state index in [9.17, 15) is 9.59 Å². The molecule has 1 aromatic rings. The second kappa shape index (κ2) is 6.97. The number of benzene rings is 1. The SMILES string of the molecule is Cc1cccc(NC(=O)N2CCCC([C@]3(C)CC(=O)N(C)C(N)=N3)C2)c1. The number of rotatable bonds is 2. The molecule has 3 amide bonds. The smallest absolute Gasteiger partial charge is 0.321 e. The van der Waals surface area contributed by atoms with E-state index in [1.165, 1.54) is 4.90 Å². The number of urea groups is 1. The van der Waals surface area contributed by atoms with Crippen LogP contribution in [-0.2, 0) is 4.79 Å². The van der Waals surface area contributed by atoms with Crippen LogP contribution in [0.25, 0.3) is 0 Å².